The highest BCUT2D eigenvalue weighted by atomic mass is 19.4. The average molecular weight is 584 g/mol. The molecule has 1 aliphatic heterocycles. The molecular formula is C27H27F6N5O3. The average Bonchev–Trinajstić information content (AvgIpc) is 3.26. The predicted molar refractivity (Wildman–Crippen MR) is 134 cm³/mol. The number of hydrogen-bond donors (Lipinski definition) is 1. The molecule has 220 valence electrons. The molecule has 0 saturated heterocycles. The lowest BCUT2D eigenvalue weighted by atomic mass is 10.0. The van der Waals surface area contributed by atoms with Crippen molar-refractivity contribution in [3.05, 3.63) is 71.2 Å². The van der Waals surface area contributed by atoms with E-state index in [1.54, 1.807) is 20.8 Å². The lowest BCUT2D eigenvalue weighted by molar-refractivity contribution is -0.148. The van der Waals surface area contributed by atoms with E-state index in [0.717, 1.165) is 4.57 Å². The molecule has 4 rings (SSSR count). The van der Waals surface area contributed by atoms with Crippen molar-refractivity contribution in [2.75, 3.05) is 6.54 Å². The quantitative estimate of drug-likeness (QED) is 0.317. The van der Waals surface area contributed by atoms with Gasteiger partial charge in [0.15, 0.2) is 11.6 Å². The van der Waals surface area contributed by atoms with Gasteiger partial charge in [-0.1, -0.05) is 0 Å². The van der Waals surface area contributed by atoms with Gasteiger partial charge in [-0.15, -0.1) is 0 Å². The fourth-order valence-corrected chi connectivity index (χ4v) is 4.51. The third-order valence-electron chi connectivity index (χ3n) is 6.26. The molecule has 2 amide bonds. The summed E-state index contributed by atoms with van der Waals surface area (Å²) in [4.78, 5) is 34.9. The molecule has 0 unspecified atom stereocenters. The van der Waals surface area contributed by atoms with Gasteiger partial charge >= 0.3 is 12.3 Å². The fraction of sp³-hybridized carbons (Fsp3) is 0.407. The summed E-state index contributed by atoms with van der Waals surface area (Å²) >= 11 is 0. The summed E-state index contributed by atoms with van der Waals surface area (Å²) in [6, 6.07) is 2.89. The number of amides is 2. The lowest BCUT2D eigenvalue weighted by Crippen LogP contribution is -2.45. The van der Waals surface area contributed by atoms with Crippen molar-refractivity contribution in [3.63, 3.8) is 0 Å². The smallest absolute Gasteiger partial charge is 0.444 e. The monoisotopic (exact) mass is 583 g/mol. The normalized spacial score (nSPS) is 14.4. The minimum Gasteiger partial charge on any atom is -0.444 e. The van der Waals surface area contributed by atoms with Crippen molar-refractivity contribution >= 4 is 12.0 Å². The first-order valence-corrected chi connectivity index (χ1v) is 12.6. The second kappa shape index (κ2) is 11.4. The van der Waals surface area contributed by atoms with E-state index in [4.69, 9.17) is 4.74 Å². The van der Waals surface area contributed by atoms with Gasteiger partial charge in [0.2, 0.25) is 11.7 Å². The minimum atomic E-state index is -4.73. The SMILES string of the molecule is CC(C)(C)OC(=O)N[C@@H](CC(=O)N1CCn2c(C(F)(F)F)nc(-c3ccncc3)c2C1)Cc1cc(F)c(F)cc1F. The van der Waals surface area contributed by atoms with Crippen molar-refractivity contribution in [1.82, 2.24) is 24.8 Å². The number of alkyl carbamates (subject to hydrolysis) is 1. The van der Waals surface area contributed by atoms with E-state index in [0.29, 0.717) is 17.7 Å². The van der Waals surface area contributed by atoms with Crippen LogP contribution in [-0.2, 0) is 35.2 Å². The molecule has 1 atom stereocenters. The highest BCUT2D eigenvalue weighted by Crippen LogP contribution is 2.36. The molecule has 3 aromatic rings. The molecule has 0 bridgehead atoms. The molecule has 2 aromatic heterocycles. The van der Waals surface area contributed by atoms with E-state index in [2.05, 4.69) is 15.3 Å². The van der Waals surface area contributed by atoms with Crippen LogP contribution in [0.5, 0.6) is 0 Å². The molecule has 1 aromatic carbocycles. The molecule has 1 aliphatic rings. The number of rotatable bonds is 6. The van der Waals surface area contributed by atoms with Crippen molar-refractivity contribution < 1.29 is 40.7 Å². The zero-order valence-corrected chi connectivity index (χ0v) is 22.4. The number of fused-ring (bicyclic) bond motifs is 1. The van der Waals surface area contributed by atoms with E-state index in [1.165, 1.54) is 29.4 Å². The summed E-state index contributed by atoms with van der Waals surface area (Å²) in [6.07, 6.45) is -3.66. The second-order valence-electron chi connectivity index (χ2n) is 10.5. The van der Waals surface area contributed by atoms with Gasteiger partial charge in [0.1, 0.15) is 11.4 Å². The highest BCUT2D eigenvalue weighted by molar-refractivity contribution is 5.78. The van der Waals surface area contributed by atoms with Crippen LogP contribution in [-0.4, -0.2) is 49.6 Å². The first-order chi connectivity index (χ1) is 19.1. The standard InChI is InChI=1S/C27H27F6N5O3/c1-26(2,3)41-25(40)35-17(10-16-11-19(29)20(30)13-18(16)28)12-22(39)37-8-9-38-21(14-37)23(15-4-6-34-7-5-15)36-24(38)27(31,32)33/h4-7,11,13,17H,8-10,12,14H2,1-3H3,(H,35,40)/t17-/m1/s1. The Kier molecular flexibility index (Phi) is 8.31. The number of imidazole rings is 1. The van der Waals surface area contributed by atoms with E-state index in [9.17, 15) is 35.9 Å². The van der Waals surface area contributed by atoms with Gasteiger partial charge in [-0.25, -0.2) is 22.9 Å². The summed E-state index contributed by atoms with van der Waals surface area (Å²) in [7, 11) is 0. The molecule has 0 radical (unpaired) electrons. The third-order valence-corrected chi connectivity index (χ3v) is 6.26. The van der Waals surface area contributed by atoms with E-state index < -0.39 is 59.5 Å². The van der Waals surface area contributed by atoms with Crippen LogP contribution in [0, 0.1) is 17.5 Å². The van der Waals surface area contributed by atoms with Crippen LogP contribution in [0.4, 0.5) is 31.1 Å². The summed E-state index contributed by atoms with van der Waals surface area (Å²) in [5, 5.41) is 2.47. The topological polar surface area (TPSA) is 89.4 Å². The van der Waals surface area contributed by atoms with Gasteiger partial charge in [0.25, 0.3) is 0 Å². The van der Waals surface area contributed by atoms with Crippen molar-refractivity contribution in [3.8, 4) is 11.3 Å². The van der Waals surface area contributed by atoms with Crippen LogP contribution in [0.25, 0.3) is 11.3 Å². The summed E-state index contributed by atoms with van der Waals surface area (Å²) < 4.78 is 89.2. The number of nitrogens with one attached hydrogen (secondary N) is 1. The number of nitrogens with zero attached hydrogens (tertiary/aromatic N) is 4. The van der Waals surface area contributed by atoms with E-state index in [1.807, 2.05) is 0 Å². The molecule has 41 heavy (non-hydrogen) atoms. The molecule has 0 aliphatic carbocycles. The molecule has 8 nitrogen and oxygen atoms in total. The maximum absolute atomic E-state index is 14.4. The Morgan fingerprint density at radius 1 is 1.02 bits per heavy atom. The Balaban J connectivity index is 1.59. The first-order valence-electron chi connectivity index (χ1n) is 12.6. The van der Waals surface area contributed by atoms with Gasteiger partial charge in [-0.3, -0.25) is 9.78 Å². The van der Waals surface area contributed by atoms with Crippen LogP contribution in [0.15, 0.2) is 36.7 Å². The van der Waals surface area contributed by atoms with Crippen LogP contribution in [0.3, 0.4) is 0 Å². The molecule has 1 N–H and O–H groups in total. The number of carbonyl (C=O) groups excluding carboxylic acids is 2. The van der Waals surface area contributed by atoms with Crippen molar-refractivity contribution in [1.29, 1.82) is 0 Å². The third kappa shape index (κ3) is 7.16. The Morgan fingerprint density at radius 2 is 1.68 bits per heavy atom. The Morgan fingerprint density at radius 3 is 2.32 bits per heavy atom. The largest absolute Gasteiger partial charge is 0.449 e. The van der Waals surface area contributed by atoms with Gasteiger partial charge in [0.05, 0.1) is 17.9 Å². The zero-order valence-electron chi connectivity index (χ0n) is 22.4. The molecule has 0 saturated carbocycles. The number of alkyl halides is 3. The van der Waals surface area contributed by atoms with Crippen LogP contribution in [0.2, 0.25) is 0 Å². The van der Waals surface area contributed by atoms with Crippen molar-refractivity contribution in [2.45, 2.75) is 64.5 Å². The Bertz CT molecular complexity index is 1440. The maximum Gasteiger partial charge on any atom is 0.449 e. The fourth-order valence-electron chi connectivity index (χ4n) is 4.51. The number of carbonyl (C=O) groups is 2. The number of hydrogen-bond acceptors (Lipinski definition) is 5. The molecule has 0 spiro atoms. The number of ether oxygens (including phenoxy) is 1. The van der Waals surface area contributed by atoms with E-state index >= 15 is 0 Å². The highest BCUT2D eigenvalue weighted by Gasteiger charge is 2.41. The number of benzene rings is 1. The Hall–Kier alpha value is -4.10. The van der Waals surface area contributed by atoms with Gasteiger partial charge < -0.3 is 19.5 Å². The van der Waals surface area contributed by atoms with Gasteiger partial charge in [0, 0.05) is 49.6 Å². The van der Waals surface area contributed by atoms with Crippen LogP contribution in [0.1, 0.15) is 44.3 Å². The molecule has 14 heteroatoms. The summed E-state index contributed by atoms with van der Waals surface area (Å²) in [6.45, 7) is 4.30. The maximum atomic E-state index is 14.4. The zero-order chi connectivity index (χ0) is 30.1. The van der Waals surface area contributed by atoms with Gasteiger partial charge in [-0.05, 0) is 51.0 Å². The van der Waals surface area contributed by atoms with Crippen LogP contribution < -0.4 is 5.32 Å². The lowest BCUT2D eigenvalue weighted by Gasteiger charge is -2.31. The van der Waals surface area contributed by atoms with Gasteiger partial charge in [-0.2, -0.15) is 13.2 Å². The van der Waals surface area contributed by atoms with Crippen molar-refractivity contribution in [2.24, 2.45) is 0 Å². The second-order valence-corrected chi connectivity index (χ2v) is 10.5. The number of aromatic nitrogens is 3. The molecule has 3 heterocycles. The molecular weight excluding hydrogens is 556 g/mol. The predicted octanol–water partition coefficient (Wildman–Crippen LogP) is 5.25. The minimum absolute atomic E-state index is 0.0458. The number of pyridine rings is 1. The summed E-state index contributed by atoms with van der Waals surface area (Å²) in [5.74, 6) is -5.44. The van der Waals surface area contributed by atoms with Crippen LogP contribution >= 0.6 is 0 Å². The first kappa shape index (κ1) is 29.9. The number of halogens is 6. The summed E-state index contributed by atoms with van der Waals surface area (Å²) in [5.41, 5.74) is -0.608. The Labute approximate surface area is 231 Å². The molecule has 0 fully saturated rings. The van der Waals surface area contributed by atoms with E-state index in [-0.39, 0.29) is 43.0 Å².